The van der Waals surface area contributed by atoms with Crippen LogP contribution in [0.5, 0.6) is 0 Å². The van der Waals surface area contributed by atoms with Gasteiger partial charge in [0.05, 0.1) is 22.8 Å². The number of aryl methyl sites for hydroxylation is 4. The van der Waals surface area contributed by atoms with E-state index in [4.69, 9.17) is 0 Å². The molecule has 0 atom stereocenters. The fourth-order valence-electron chi connectivity index (χ4n) is 3.34. The Bertz CT molecular complexity index is 1460. The predicted molar refractivity (Wildman–Crippen MR) is 102 cm³/mol. The van der Waals surface area contributed by atoms with Gasteiger partial charge in [0.15, 0.2) is 23.3 Å². The summed E-state index contributed by atoms with van der Waals surface area (Å²) in [4.78, 5) is 26.2. The number of nitrogens with zero attached hydrogens (tertiary/aromatic N) is 6. The first-order valence-corrected chi connectivity index (χ1v) is 8.94. The third-order valence-corrected chi connectivity index (χ3v) is 5.18. The average Bonchev–Trinajstić information content (AvgIpc) is 2.72. The van der Waals surface area contributed by atoms with Gasteiger partial charge in [0.25, 0.3) is 0 Å². The van der Waals surface area contributed by atoms with Crippen LogP contribution >= 0.6 is 0 Å². The van der Waals surface area contributed by atoms with Gasteiger partial charge >= 0.3 is 0 Å². The van der Waals surface area contributed by atoms with E-state index in [9.17, 15) is 17.6 Å². The Kier molecular flexibility index (Phi) is 3.68. The van der Waals surface area contributed by atoms with Crippen LogP contribution in [0.4, 0.5) is 17.6 Å². The maximum atomic E-state index is 14.4. The molecule has 0 amide bonds. The van der Waals surface area contributed by atoms with Crippen molar-refractivity contribution in [3.63, 3.8) is 0 Å². The van der Waals surface area contributed by atoms with Crippen LogP contribution in [0.1, 0.15) is 22.8 Å². The normalized spacial score (nSPS) is 12.0. The molecule has 3 heterocycles. The number of hydrogen-bond acceptors (Lipinski definition) is 6. The number of benzene rings is 2. The molecule has 150 valence electrons. The van der Waals surface area contributed by atoms with Gasteiger partial charge < -0.3 is 0 Å². The van der Waals surface area contributed by atoms with Crippen molar-refractivity contribution < 1.29 is 17.6 Å². The molecule has 0 aliphatic rings. The fourth-order valence-corrected chi connectivity index (χ4v) is 3.34. The lowest BCUT2D eigenvalue weighted by molar-refractivity contribution is 0.416. The molecular weight excluding hydrogens is 400 g/mol. The summed E-state index contributed by atoms with van der Waals surface area (Å²) in [6, 6.07) is 0. The molecule has 0 unspecified atom stereocenters. The van der Waals surface area contributed by atoms with Crippen molar-refractivity contribution in [2.45, 2.75) is 27.7 Å². The van der Waals surface area contributed by atoms with Gasteiger partial charge in [0, 0.05) is 0 Å². The first-order valence-electron chi connectivity index (χ1n) is 8.94. The molecule has 30 heavy (non-hydrogen) atoms. The summed E-state index contributed by atoms with van der Waals surface area (Å²) < 4.78 is 56.4. The van der Waals surface area contributed by atoms with Gasteiger partial charge in [-0.3, -0.25) is 0 Å². The zero-order valence-electron chi connectivity index (χ0n) is 16.2. The molecule has 0 radical (unpaired) electrons. The van der Waals surface area contributed by atoms with Crippen LogP contribution in [0.3, 0.4) is 0 Å². The zero-order chi connectivity index (χ0) is 21.5. The van der Waals surface area contributed by atoms with Gasteiger partial charge in [-0.05, 0) is 27.7 Å². The first-order chi connectivity index (χ1) is 14.2. The van der Waals surface area contributed by atoms with Crippen LogP contribution < -0.4 is 0 Å². The quantitative estimate of drug-likeness (QED) is 0.123. The molecule has 5 rings (SSSR count). The van der Waals surface area contributed by atoms with Crippen molar-refractivity contribution >= 4 is 44.1 Å². The van der Waals surface area contributed by atoms with E-state index < -0.39 is 34.3 Å². The van der Waals surface area contributed by atoms with Crippen molar-refractivity contribution in [2.75, 3.05) is 0 Å². The van der Waals surface area contributed by atoms with E-state index in [2.05, 4.69) is 29.9 Å². The standard InChI is InChI=1S/C20H12F4N6/c1-5-7(3)27-17-15(25-5)16-18(28-8(4)6(2)26-16)20-19(17)29-13-11(23)9(21)10(22)12(24)14(13)30-20/h1-4H3. The third kappa shape index (κ3) is 2.30. The molecule has 6 nitrogen and oxygen atoms in total. The van der Waals surface area contributed by atoms with Crippen molar-refractivity contribution in [1.29, 1.82) is 0 Å². The minimum Gasteiger partial charge on any atom is -0.247 e. The van der Waals surface area contributed by atoms with Crippen molar-refractivity contribution in [1.82, 2.24) is 29.9 Å². The lowest BCUT2D eigenvalue weighted by atomic mass is 10.1. The molecule has 0 saturated heterocycles. The highest BCUT2D eigenvalue weighted by molar-refractivity contribution is 6.19. The lowest BCUT2D eigenvalue weighted by Gasteiger charge is -2.12. The molecule has 10 heteroatoms. The summed E-state index contributed by atoms with van der Waals surface area (Å²) in [6.45, 7) is 7.00. The highest BCUT2D eigenvalue weighted by atomic mass is 19.2. The second-order valence-corrected chi connectivity index (χ2v) is 7.06. The summed E-state index contributed by atoms with van der Waals surface area (Å²) in [5, 5.41) is 0. The predicted octanol–water partition coefficient (Wildman–Crippen LogP) is 4.46. The van der Waals surface area contributed by atoms with Gasteiger partial charge in [-0.25, -0.2) is 47.5 Å². The number of aromatic nitrogens is 6. The number of rotatable bonds is 0. The highest BCUT2D eigenvalue weighted by Gasteiger charge is 2.25. The van der Waals surface area contributed by atoms with Crippen molar-refractivity contribution in [3.8, 4) is 0 Å². The molecule has 0 N–H and O–H groups in total. The van der Waals surface area contributed by atoms with Gasteiger partial charge in [0.1, 0.15) is 44.1 Å². The smallest absolute Gasteiger partial charge is 0.199 e. The highest BCUT2D eigenvalue weighted by Crippen LogP contribution is 2.33. The summed E-state index contributed by atoms with van der Waals surface area (Å²) in [6.07, 6.45) is 0. The molecule has 0 spiro atoms. The average molecular weight is 412 g/mol. The van der Waals surface area contributed by atoms with E-state index >= 15 is 0 Å². The van der Waals surface area contributed by atoms with Crippen LogP contribution in [-0.2, 0) is 0 Å². The van der Waals surface area contributed by atoms with Crippen LogP contribution in [0.15, 0.2) is 0 Å². The van der Waals surface area contributed by atoms with E-state index in [1.165, 1.54) is 0 Å². The minimum absolute atomic E-state index is 0.0439. The lowest BCUT2D eigenvalue weighted by Crippen LogP contribution is -2.05. The third-order valence-electron chi connectivity index (χ3n) is 5.18. The maximum Gasteiger partial charge on any atom is 0.199 e. The number of hydrogen-bond donors (Lipinski definition) is 0. The van der Waals surface area contributed by atoms with Gasteiger partial charge in [-0.2, -0.15) is 0 Å². The summed E-state index contributed by atoms with van der Waals surface area (Å²) in [5.74, 6) is -7.17. The topological polar surface area (TPSA) is 77.3 Å². The first kappa shape index (κ1) is 18.5. The Balaban J connectivity index is 2.15. The van der Waals surface area contributed by atoms with Gasteiger partial charge in [-0.15, -0.1) is 0 Å². The largest absolute Gasteiger partial charge is 0.247 e. The Morgan fingerprint density at radius 2 is 0.567 bits per heavy atom. The van der Waals surface area contributed by atoms with Crippen molar-refractivity contribution in [2.24, 2.45) is 0 Å². The monoisotopic (exact) mass is 412 g/mol. The molecule has 0 saturated carbocycles. The van der Waals surface area contributed by atoms with Crippen LogP contribution in [0.2, 0.25) is 0 Å². The van der Waals surface area contributed by atoms with E-state index in [1.54, 1.807) is 27.7 Å². The Labute approximate surface area is 166 Å². The molecule has 2 aromatic carbocycles. The molecule has 3 aromatic heterocycles. The van der Waals surface area contributed by atoms with E-state index in [-0.39, 0.29) is 22.1 Å². The molecule has 0 bridgehead atoms. The molecular formula is C20H12F4N6. The molecule has 0 fully saturated rings. The Hall–Kier alpha value is -3.56. The molecule has 0 aliphatic heterocycles. The van der Waals surface area contributed by atoms with Crippen LogP contribution in [0.25, 0.3) is 44.1 Å². The number of halogens is 4. The van der Waals surface area contributed by atoms with Gasteiger partial charge in [0.2, 0.25) is 0 Å². The molecule has 0 aliphatic carbocycles. The van der Waals surface area contributed by atoms with E-state index in [1.807, 2.05) is 0 Å². The fraction of sp³-hybridized carbons (Fsp3) is 0.200. The SMILES string of the molecule is Cc1nc2c3nc(C)c(C)nc3c3nc4c(F)c(F)c(F)c(F)c4nc3c2nc1C. The second-order valence-electron chi connectivity index (χ2n) is 7.06. The number of fused-ring (bicyclic) bond motifs is 7. The minimum atomic E-state index is -1.96. The molecule has 5 aromatic rings. The van der Waals surface area contributed by atoms with Crippen LogP contribution in [-0.4, -0.2) is 29.9 Å². The maximum absolute atomic E-state index is 14.4. The summed E-state index contributed by atoms with van der Waals surface area (Å²) >= 11 is 0. The summed E-state index contributed by atoms with van der Waals surface area (Å²) in [7, 11) is 0. The second kappa shape index (κ2) is 5.97. The van der Waals surface area contributed by atoms with Crippen molar-refractivity contribution in [3.05, 3.63) is 46.0 Å². The zero-order valence-corrected chi connectivity index (χ0v) is 16.2. The van der Waals surface area contributed by atoms with E-state index in [0.29, 0.717) is 33.8 Å². The Morgan fingerprint density at radius 1 is 0.333 bits per heavy atom. The Morgan fingerprint density at radius 3 is 0.833 bits per heavy atom. The van der Waals surface area contributed by atoms with E-state index in [0.717, 1.165) is 0 Å². The van der Waals surface area contributed by atoms with Gasteiger partial charge in [-0.1, -0.05) is 0 Å². The van der Waals surface area contributed by atoms with Crippen LogP contribution in [0, 0.1) is 51.0 Å². The summed E-state index contributed by atoms with van der Waals surface area (Å²) in [5.41, 5.74) is 2.23.